The summed E-state index contributed by atoms with van der Waals surface area (Å²) in [7, 11) is 0. The van der Waals surface area contributed by atoms with Crippen molar-refractivity contribution in [2.24, 2.45) is 0 Å². The Morgan fingerprint density at radius 1 is 1.27 bits per heavy atom. The monoisotopic (exact) mass is 294 g/mol. The first kappa shape index (κ1) is 14.4. The number of fused-ring (bicyclic) bond motifs is 1. The highest BCUT2D eigenvalue weighted by molar-refractivity contribution is 6.50. The summed E-state index contributed by atoms with van der Waals surface area (Å²) in [5.41, 5.74) is 4.85. The Labute approximate surface area is 129 Å². The Bertz CT molecular complexity index is 703. The van der Waals surface area contributed by atoms with Crippen molar-refractivity contribution in [2.45, 2.75) is 13.0 Å². The van der Waals surface area contributed by atoms with E-state index in [-0.39, 0.29) is 5.71 Å². The molecular formula is C17H18N4O. The van der Waals surface area contributed by atoms with Crippen LogP contribution in [0.3, 0.4) is 0 Å². The Morgan fingerprint density at radius 3 is 2.95 bits per heavy atom. The van der Waals surface area contributed by atoms with Crippen LogP contribution in [0.1, 0.15) is 11.1 Å². The molecule has 1 amide bonds. The molecule has 0 saturated carbocycles. The Balaban J connectivity index is 1.71. The van der Waals surface area contributed by atoms with Crippen LogP contribution in [0.2, 0.25) is 0 Å². The largest absolute Gasteiger partial charge is 0.329 e. The van der Waals surface area contributed by atoms with Gasteiger partial charge in [-0.2, -0.15) is 0 Å². The van der Waals surface area contributed by atoms with Crippen molar-refractivity contribution in [3.05, 3.63) is 53.1 Å². The predicted octanol–water partition coefficient (Wildman–Crippen LogP) is 2.15. The fraction of sp³-hybridized carbons (Fsp3) is 0.235. The van der Waals surface area contributed by atoms with Gasteiger partial charge in [-0.3, -0.25) is 20.5 Å². The summed E-state index contributed by atoms with van der Waals surface area (Å²) in [4.78, 5) is 12.8. The highest BCUT2D eigenvalue weighted by Gasteiger charge is 2.20. The normalized spacial score (nSPS) is 17.9. The molecule has 0 fully saturated rings. The summed E-state index contributed by atoms with van der Waals surface area (Å²) in [6.07, 6.45) is 7.04. The zero-order chi connectivity index (χ0) is 15.5. The van der Waals surface area contributed by atoms with Crippen molar-refractivity contribution in [3.8, 4) is 0 Å². The van der Waals surface area contributed by atoms with E-state index in [1.807, 2.05) is 24.3 Å². The number of allylic oxidation sites excluding steroid dienone is 3. The molecule has 5 nitrogen and oxygen atoms in total. The SMILES string of the molecule is N=C1C=CC=C(CN2CCc3cc(NC=O)ccc3C2)C1=N. The number of benzene rings is 1. The minimum Gasteiger partial charge on any atom is -0.329 e. The molecule has 112 valence electrons. The van der Waals surface area contributed by atoms with Gasteiger partial charge in [-0.1, -0.05) is 18.2 Å². The zero-order valence-corrected chi connectivity index (χ0v) is 12.2. The molecule has 0 unspecified atom stereocenters. The lowest BCUT2D eigenvalue weighted by molar-refractivity contribution is -0.105. The maximum absolute atomic E-state index is 10.5. The number of hydrogen-bond donors (Lipinski definition) is 3. The molecule has 0 atom stereocenters. The van der Waals surface area contributed by atoms with E-state index in [9.17, 15) is 4.79 Å². The molecule has 0 aromatic heterocycles. The molecule has 2 aliphatic rings. The van der Waals surface area contributed by atoms with Crippen LogP contribution in [0, 0.1) is 10.8 Å². The van der Waals surface area contributed by atoms with Crippen molar-refractivity contribution in [1.29, 1.82) is 10.8 Å². The van der Waals surface area contributed by atoms with Crippen molar-refractivity contribution in [3.63, 3.8) is 0 Å². The lowest BCUT2D eigenvalue weighted by atomic mass is 9.96. The Hall–Kier alpha value is -2.53. The van der Waals surface area contributed by atoms with Crippen LogP contribution in [0.25, 0.3) is 0 Å². The summed E-state index contributed by atoms with van der Waals surface area (Å²) in [6, 6.07) is 5.99. The summed E-state index contributed by atoms with van der Waals surface area (Å²) >= 11 is 0. The number of nitrogens with one attached hydrogen (secondary N) is 3. The first-order valence-corrected chi connectivity index (χ1v) is 7.27. The topological polar surface area (TPSA) is 80.0 Å². The van der Waals surface area contributed by atoms with Crippen LogP contribution in [-0.2, 0) is 17.8 Å². The van der Waals surface area contributed by atoms with Crippen molar-refractivity contribution in [1.82, 2.24) is 4.90 Å². The van der Waals surface area contributed by atoms with Crippen LogP contribution in [0.15, 0.2) is 42.0 Å². The highest BCUT2D eigenvalue weighted by Crippen LogP contribution is 2.23. The van der Waals surface area contributed by atoms with Gasteiger partial charge in [0, 0.05) is 25.3 Å². The second-order valence-corrected chi connectivity index (χ2v) is 5.55. The smallest absolute Gasteiger partial charge is 0.211 e. The van der Waals surface area contributed by atoms with Gasteiger partial charge < -0.3 is 5.32 Å². The summed E-state index contributed by atoms with van der Waals surface area (Å²) in [5.74, 6) is 0. The van der Waals surface area contributed by atoms with E-state index in [0.29, 0.717) is 18.7 Å². The van der Waals surface area contributed by atoms with E-state index in [1.54, 1.807) is 6.08 Å². The van der Waals surface area contributed by atoms with Gasteiger partial charge in [0.2, 0.25) is 6.41 Å². The van der Waals surface area contributed by atoms with E-state index in [4.69, 9.17) is 10.8 Å². The average molecular weight is 294 g/mol. The van der Waals surface area contributed by atoms with Crippen LogP contribution < -0.4 is 5.32 Å². The van der Waals surface area contributed by atoms with E-state index in [1.165, 1.54) is 11.1 Å². The van der Waals surface area contributed by atoms with Crippen molar-refractivity contribution in [2.75, 3.05) is 18.4 Å². The first-order valence-electron chi connectivity index (χ1n) is 7.27. The zero-order valence-electron chi connectivity index (χ0n) is 12.2. The van der Waals surface area contributed by atoms with Gasteiger partial charge in [-0.25, -0.2) is 0 Å². The molecule has 0 radical (unpaired) electrons. The molecule has 0 saturated heterocycles. The number of amides is 1. The second-order valence-electron chi connectivity index (χ2n) is 5.55. The molecule has 3 rings (SSSR count). The lowest BCUT2D eigenvalue weighted by Crippen LogP contribution is -2.34. The highest BCUT2D eigenvalue weighted by atomic mass is 16.1. The third kappa shape index (κ3) is 2.89. The molecule has 5 heteroatoms. The molecule has 1 aromatic rings. The molecule has 3 N–H and O–H groups in total. The summed E-state index contributed by atoms with van der Waals surface area (Å²) in [5, 5.41) is 18.4. The van der Waals surface area contributed by atoms with Gasteiger partial charge in [0.1, 0.15) is 0 Å². The second kappa shape index (κ2) is 6.07. The van der Waals surface area contributed by atoms with Crippen LogP contribution >= 0.6 is 0 Å². The van der Waals surface area contributed by atoms with Gasteiger partial charge in [0.05, 0.1) is 11.4 Å². The molecule has 0 bridgehead atoms. The van der Waals surface area contributed by atoms with Crippen molar-refractivity contribution < 1.29 is 4.79 Å². The van der Waals surface area contributed by atoms with E-state index >= 15 is 0 Å². The molecule has 1 heterocycles. The lowest BCUT2D eigenvalue weighted by Gasteiger charge is -2.30. The number of anilines is 1. The van der Waals surface area contributed by atoms with Gasteiger partial charge in [0.15, 0.2) is 0 Å². The van der Waals surface area contributed by atoms with E-state index in [2.05, 4.69) is 16.3 Å². The molecular weight excluding hydrogens is 276 g/mol. The maximum atomic E-state index is 10.5. The van der Waals surface area contributed by atoms with Gasteiger partial charge >= 0.3 is 0 Å². The molecule has 22 heavy (non-hydrogen) atoms. The van der Waals surface area contributed by atoms with E-state index in [0.717, 1.165) is 30.8 Å². The first-order chi connectivity index (χ1) is 10.7. The fourth-order valence-corrected chi connectivity index (χ4v) is 2.88. The minimum absolute atomic E-state index is 0.277. The number of hydrogen-bond acceptors (Lipinski definition) is 4. The molecule has 0 spiro atoms. The third-order valence-electron chi connectivity index (χ3n) is 4.07. The molecule has 1 aromatic carbocycles. The molecule has 1 aliphatic heterocycles. The standard InChI is InChI=1S/C17H18N4O/c18-16-3-1-2-14(17(16)19)10-21-7-6-12-8-15(20-11-22)5-4-13(12)9-21/h1-5,8,11,18-19H,6-7,9-10H2,(H,20,22). The number of nitrogens with zero attached hydrogens (tertiary/aromatic N) is 1. The number of carbonyl (C=O) groups is 1. The minimum atomic E-state index is 0.277. The van der Waals surface area contributed by atoms with E-state index < -0.39 is 0 Å². The van der Waals surface area contributed by atoms with Gasteiger partial charge in [-0.05, 0) is 41.3 Å². The summed E-state index contributed by atoms with van der Waals surface area (Å²) < 4.78 is 0. The molecule has 1 aliphatic carbocycles. The Morgan fingerprint density at radius 2 is 2.14 bits per heavy atom. The number of carbonyl (C=O) groups excluding carboxylic acids is 1. The predicted molar refractivity (Wildman–Crippen MR) is 87.8 cm³/mol. The van der Waals surface area contributed by atoms with Gasteiger partial charge in [0.25, 0.3) is 0 Å². The fourth-order valence-electron chi connectivity index (χ4n) is 2.88. The van der Waals surface area contributed by atoms with Crippen LogP contribution in [-0.4, -0.2) is 35.8 Å². The quantitative estimate of drug-likeness (QED) is 0.587. The third-order valence-corrected chi connectivity index (χ3v) is 4.07. The van der Waals surface area contributed by atoms with Crippen LogP contribution in [0.5, 0.6) is 0 Å². The summed E-state index contributed by atoms with van der Waals surface area (Å²) in [6.45, 7) is 2.44. The maximum Gasteiger partial charge on any atom is 0.211 e. The van der Waals surface area contributed by atoms with Crippen LogP contribution in [0.4, 0.5) is 5.69 Å². The number of rotatable bonds is 4. The average Bonchev–Trinajstić information content (AvgIpc) is 2.52. The van der Waals surface area contributed by atoms with Crippen molar-refractivity contribution >= 4 is 23.5 Å². The van der Waals surface area contributed by atoms with Gasteiger partial charge in [-0.15, -0.1) is 0 Å². The Kier molecular flexibility index (Phi) is 3.98.